The van der Waals surface area contributed by atoms with Crippen LogP contribution in [0.4, 0.5) is 0 Å². The summed E-state index contributed by atoms with van der Waals surface area (Å²) >= 11 is 0. The van der Waals surface area contributed by atoms with Gasteiger partial charge in [-0.15, -0.1) is 0 Å². The van der Waals surface area contributed by atoms with Crippen LogP contribution in [0, 0.1) is 0 Å². The van der Waals surface area contributed by atoms with E-state index in [0.717, 1.165) is 6.42 Å². The van der Waals surface area contributed by atoms with Gasteiger partial charge < -0.3 is 10.6 Å². The van der Waals surface area contributed by atoms with E-state index in [1.165, 1.54) is 0 Å². The van der Waals surface area contributed by atoms with E-state index in [1.54, 1.807) is 31.2 Å². The molecule has 4 nitrogen and oxygen atoms in total. The summed E-state index contributed by atoms with van der Waals surface area (Å²) in [6.45, 7) is 5.61. The predicted molar refractivity (Wildman–Crippen MR) is 71.3 cm³/mol. The minimum Gasteiger partial charge on any atom is -0.352 e. The molecule has 0 aromatic heterocycles. The zero-order valence-electron chi connectivity index (χ0n) is 11.1. The van der Waals surface area contributed by atoms with Gasteiger partial charge in [-0.2, -0.15) is 0 Å². The Morgan fingerprint density at radius 3 is 2.28 bits per heavy atom. The Balaban J connectivity index is 2.52. The largest absolute Gasteiger partial charge is 0.352 e. The number of amides is 2. The van der Waals surface area contributed by atoms with Crippen molar-refractivity contribution in [1.82, 2.24) is 10.6 Å². The summed E-state index contributed by atoms with van der Waals surface area (Å²) in [4.78, 5) is 23.6. The standard InChI is InChI=1S/C14H20N2O2/c1-4-10(2)15-13(17)11(3)16-14(18)12-8-6-5-7-9-12/h5-11H,4H2,1-3H3,(H,15,17)(H,16,18)/t10-,11+/m0/s1. The van der Waals surface area contributed by atoms with E-state index < -0.39 is 6.04 Å². The molecule has 0 unspecified atom stereocenters. The maximum absolute atomic E-state index is 11.8. The first kappa shape index (κ1) is 14.2. The first-order chi connectivity index (χ1) is 8.54. The van der Waals surface area contributed by atoms with Gasteiger partial charge in [0.2, 0.25) is 5.91 Å². The number of hydrogen-bond acceptors (Lipinski definition) is 2. The zero-order valence-corrected chi connectivity index (χ0v) is 11.1. The molecule has 0 aliphatic carbocycles. The molecular weight excluding hydrogens is 228 g/mol. The van der Waals surface area contributed by atoms with Crippen LogP contribution < -0.4 is 10.6 Å². The molecule has 1 aromatic rings. The lowest BCUT2D eigenvalue weighted by atomic mass is 10.2. The van der Waals surface area contributed by atoms with Crippen molar-refractivity contribution in [2.45, 2.75) is 39.3 Å². The lowest BCUT2D eigenvalue weighted by Crippen LogP contribution is -2.47. The average molecular weight is 248 g/mol. The van der Waals surface area contributed by atoms with Gasteiger partial charge in [0.1, 0.15) is 6.04 Å². The van der Waals surface area contributed by atoms with Gasteiger partial charge in [-0.1, -0.05) is 25.1 Å². The number of hydrogen-bond donors (Lipinski definition) is 2. The van der Waals surface area contributed by atoms with Crippen molar-refractivity contribution in [2.75, 3.05) is 0 Å². The molecule has 0 fully saturated rings. The van der Waals surface area contributed by atoms with Gasteiger partial charge in [0.05, 0.1) is 0 Å². The van der Waals surface area contributed by atoms with Crippen molar-refractivity contribution < 1.29 is 9.59 Å². The summed E-state index contributed by atoms with van der Waals surface area (Å²) in [6, 6.07) is 8.44. The fraction of sp³-hybridized carbons (Fsp3) is 0.429. The molecule has 98 valence electrons. The van der Waals surface area contributed by atoms with Crippen LogP contribution in [-0.4, -0.2) is 23.9 Å². The third kappa shape index (κ3) is 4.20. The molecule has 0 saturated carbocycles. The minimum absolute atomic E-state index is 0.119. The number of carbonyl (C=O) groups is 2. The van der Waals surface area contributed by atoms with Gasteiger partial charge in [0, 0.05) is 11.6 Å². The van der Waals surface area contributed by atoms with Gasteiger partial charge in [-0.25, -0.2) is 0 Å². The van der Waals surface area contributed by atoms with Crippen LogP contribution in [-0.2, 0) is 4.79 Å². The molecule has 0 radical (unpaired) electrons. The molecule has 0 aliphatic rings. The van der Waals surface area contributed by atoms with E-state index >= 15 is 0 Å². The fourth-order valence-corrected chi connectivity index (χ4v) is 1.40. The van der Waals surface area contributed by atoms with Crippen LogP contribution in [0.2, 0.25) is 0 Å². The highest BCUT2D eigenvalue weighted by atomic mass is 16.2. The van der Waals surface area contributed by atoms with Crippen LogP contribution in [0.25, 0.3) is 0 Å². The van der Waals surface area contributed by atoms with Crippen molar-refractivity contribution in [3.8, 4) is 0 Å². The Bertz CT molecular complexity index is 404. The number of carbonyl (C=O) groups excluding carboxylic acids is 2. The van der Waals surface area contributed by atoms with Crippen molar-refractivity contribution in [3.63, 3.8) is 0 Å². The second-order valence-electron chi connectivity index (χ2n) is 4.38. The third-order valence-electron chi connectivity index (χ3n) is 2.78. The zero-order chi connectivity index (χ0) is 13.5. The number of benzene rings is 1. The second kappa shape index (κ2) is 6.79. The van der Waals surface area contributed by atoms with E-state index in [2.05, 4.69) is 10.6 Å². The monoisotopic (exact) mass is 248 g/mol. The summed E-state index contributed by atoms with van der Waals surface area (Å²) in [5.41, 5.74) is 0.556. The highest BCUT2D eigenvalue weighted by Crippen LogP contribution is 1.99. The minimum atomic E-state index is -0.535. The number of nitrogens with one attached hydrogen (secondary N) is 2. The van der Waals surface area contributed by atoms with E-state index in [1.807, 2.05) is 19.9 Å². The summed E-state index contributed by atoms with van der Waals surface area (Å²) in [5, 5.41) is 5.51. The predicted octanol–water partition coefficient (Wildman–Crippen LogP) is 1.72. The van der Waals surface area contributed by atoms with Crippen molar-refractivity contribution >= 4 is 11.8 Å². The quantitative estimate of drug-likeness (QED) is 0.833. The van der Waals surface area contributed by atoms with Gasteiger partial charge >= 0.3 is 0 Å². The lowest BCUT2D eigenvalue weighted by molar-refractivity contribution is -0.123. The first-order valence-corrected chi connectivity index (χ1v) is 6.21. The normalized spacial score (nSPS) is 13.5. The summed E-state index contributed by atoms with van der Waals surface area (Å²) in [7, 11) is 0. The summed E-state index contributed by atoms with van der Waals surface area (Å²) < 4.78 is 0. The molecular formula is C14H20N2O2. The molecule has 0 saturated heterocycles. The van der Waals surface area contributed by atoms with Gasteiger partial charge in [0.25, 0.3) is 5.91 Å². The van der Waals surface area contributed by atoms with Crippen LogP contribution in [0.3, 0.4) is 0 Å². The van der Waals surface area contributed by atoms with Gasteiger partial charge in [-0.3, -0.25) is 9.59 Å². The van der Waals surface area contributed by atoms with E-state index in [4.69, 9.17) is 0 Å². The number of rotatable bonds is 5. The molecule has 0 spiro atoms. The molecule has 18 heavy (non-hydrogen) atoms. The van der Waals surface area contributed by atoms with Crippen LogP contribution in [0.15, 0.2) is 30.3 Å². The Labute approximate surface area is 108 Å². The molecule has 0 bridgehead atoms. The fourth-order valence-electron chi connectivity index (χ4n) is 1.40. The van der Waals surface area contributed by atoms with Crippen LogP contribution >= 0.6 is 0 Å². The van der Waals surface area contributed by atoms with Crippen molar-refractivity contribution in [1.29, 1.82) is 0 Å². The highest BCUT2D eigenvalue weighted by Gasteiger charge is 2.17. The lowest BCUT2D eigenvalue weighted by Gasteiger charge is -2.17. The van der Waals surface area contributed by atoms with E-state index in [0.29, 0.717) is 5.56 Å². The Morgan fingerprint density at radius 2 is 1.72 bits per heavy atom. The van der Waals surface area contributed by atoms with Crippen molar-refractivity contribution in [2.24, 2.45) is 0 Å². The molecule has 2 amide bonds. The molecule has 4 heteroatoms. The van der Waals surface area contributed by atoms with Gasteiger partial charge in [0.15, 0.2) is 0 Å². The molecule has 1 rings (SSSR count). The maximum atomic E-state index is 11.8. The van der Waals surface area contributed by atoms with Gasteiger partial charge in [-0.05, 0) is 32.4 Å². The van der Waals surface area contributed by atoms with Crippen LogP contribution in [0.5, 0.6) is 0 Å². The Hall–Kier alpha value is -1.84. The van der Waals surface area contributed by atoms with E-state index in [-0.39, 0.29) is 17.9 Å². The summed E-state index contributed by atoms with van der Waals surface area (Å²) in [6.07, 6.45) is 0.866. The second-order valence-corrected chi connectivity index (χ2v) is 4.38. The molecule has 2 atom stereocenters. The Kier molecular flexibility index (Phi) is 5.36. The average Bonchev–Trinajstić information content (AvgIpc) is 2.39. The SMILES string of the molecule is CC[C@H](C)NC(=O)[C@@H](C)NC(=O)c1ccccc1. The maximum Gasteiger partial charge on any atom is 0.251 e. The van der Waals surface area contributed by atoms with Crippen molar-refractivity contribution in [3.05, 3.63) is 35.9 Å². The van der Waals surface area contributed by atoms with E-state index in [9.17, 15) is 9.59 Å². The summed E-state index contributed by atoms with van der Waals surface area (Å²) in [5.74, 6) is -0.393. The Morgan fingerprint density at radius 1 is 1.11 bits per heavy atom. The van der Waals surface area contributed by atoms with Crippen LogP contribution in [0.1, 0.15) is 37.6 Å². The smallest absolute Gasteiger partial charge is 0.251 e. The third-order valence-corrected chi connectivity index (χ3v) is 2.78. The molecule has 2 N–H and O–H groups in total. The highest BCUT2D eigenvalue weighted by molar-refractivity contribution is 5.97. The topological polar surface area (TPSA) is 58.2 Å². The first-order valence-electron chi connectivity index (χ1n) is 6.21. The molecule has 1 aromatic carbocycles. The molecule has 0 aliphatic heterocycles. The molecule has 0 heterocycles.